The molecule has 0 spiro atoms. The van der Waals surface area contributed by atoms with Crippen molar-refractivity contribution >= 4 is 28.7 Å². The molecule has 2 rings (SSSR count). The summed E-state index contributed by atoms with van der Waals surface area (Å²) in [7, 11) is 0. The first-order chi connectivity index (χ1) is 9.06. The van der Waals surface area contributed by atoms with E-state index in [1.807, 2.05) is 36.9 Å². The average molecular weight is 279 g/mol. The van der Waals surface area contributed by atoms with Gasteiger partial charge in [0.05, 0.1) is 0 Å². The van der Waals surface area contributed by atoms with Gasteiger partial charge in [-0.25, -0.2) is 4.79 Å². The van der Waals surface area contributed by atoms with Gasteiger partial charge in [-0.2, -0.15) is 11.8 Å². The summed E-state index contributed by atoms with van der Waals surface area (Å²) >= 11 is 1.83. The van der Waals surface area contributed by atoms with Gasteiger partial charge >= 0.3 is 5.97 Å². The molecule has 1 aromatic carbocycles. The van der Waals surface area contributed by atoms with E-state index in [1.165, 1.54) is 5.56 Å². The molecule has 0 radical (unpaired) electrons. The number of rotatable bonds is 6. The van der Waals surface area contributed by atoms with Gasteiger partial charge in [0, 0.05) is 17.2 Å². The van der Waals surface area contributed by atoms with Crippen molar-refractivity contribution in [3.63, 3.8) is 0 Å². The molecule has 2 aromatic rings. The van der Waals surface area contributed by atoms with Crippen LogP contribution in [0, 0.1) is 0 Å². The van der Waals surface area contributed by atoms with Gasteiger partial charge in [-0.1, -0.05) is 6.07 Å². The van der Waals surface area contributed by atoms with Gasteiger partial charge in [0.25, 0.3) is 0 Å². The van der Waals surface area contributed by atoms with Crippen LogP contribution >= 0.6 is 11.8 Å². The largest absolute Gasteiger partial charge is 0.475 e. The third kappa shape index (κ3) is 3.75. The zero-order chi connectivity index (χ0) is 13.8. The predicted molar refractivity (Wildman–Crippen MR) is 77.6 cm³/mol. The average Bonchev–Trinajstić information content (AvgIpc) is 2.77. The van der Waals surface area contributed by atoms with Crippen LogP contribution in [0.2, 0.25) is 0 Å². The second-order valence-corrected chi connectivity index (χ2v) is 5.71. The maximum Gasteiger partial charge on any atom is 0.371 e. The van der Waals surface area contributed by atoms with E-state index in [0.29, 0.717) is 5.58 Å². The van der Waals surface area contributed by atoms with Crippen molar-refractivity contribution in [1.82, 2.24) is 0 Å². The molecule has 5 heteroatoms. The predicted octanol–water partition coefficient (Wildman–Crippen LogP) is 3.10. The quantitative estimate of drug-likeness (QED) is 0.795. The van der Waals surface area contributed by atoms with Crippen LogP contribution in [0.4, 0.5) is 0 Å². The molecular formula is C14H17NO3S. The number of nitrogens with two attached hydrogens (primary N) is 1. The topological polar surface area (TPSA) is 76.5 Å². The normalized spacial score (nSPS) is 12.7. The third-order valence-corrected chi connectivity index (χ3v) is 3.84. The maximum absolute atomic E-state index is 10.8. The Morgan fingerprint density at radius 2 is 2.26 bits per heavy atom. The molecule has 1 atom stereocenters. The molecule has 0 aliphatic heterocycles. The second kappa shape index (κ2) is 6.12. The van der Waals surface area contributed by atoms with Crippen molar-refractivity contribution < 1.29 is 14.3 Å². The number of carbonyl (C=O) groups is 1. The fraction of sp³-hybridized carbons (Fsp3) is 0.357. The highest BCUT2D eigenvalue weighted by atomic mass is 32.2. The van der Waals surface area contributed by atoms with E-state index in [4.69, 9.17) is 15.3 Å². The Hall–Kier alpha value is -1.46. The maximum atomic E-state index is 10.8. The Bertz CT molecular complexity index is 577. The first kappa shape index (κ1) is 14.0. The highest BCUT2D eigenvalue weighted by molar-refractivity contribution is 7.98. The molecule has 19 heavy (non-hydrogen) atoms. The number of carboxylic acid groups (broad SMARTS) is 1. The number of aromatic carboxylic acids is 1. The van der Waals surface area contributed by atoms with Crippen molar-refractivity contribution in [2.45, 2.75) is 25.1 Å². The zero-order valence-electron chi connectivity index (χ0n) is 10.8. The number of hydrogen-bond donors (Lipinski definition) is 2. The van der Waals surface area contributed by atoms with Gasteiger partial charge in [-0.15, -0.1) is 0 Å². The molecular weight excluding hydrogens is 262 g/mol. The first-order valence-electron chi connectivity index (χ1n) is 6.15. The number of carboxylic acids is 1. The fourth-order valence-electron chi connectivity index (χ4n) is 1.75. The second-order valence-electron chi connectivity index (χ2n) is 4.61. The highest BCUT2D eigenvalue weighted by Gasteiger charge is 2.10. The molecule has 0 saturated carbocycles. The van der Waals surface area contributed by atoms with E-state index < -0.39 is 5.97 Å². The van der Waals surface area contributed by atoms with Crippen molar-refractivity contribution in [2.75, 3.05) is 5.75 Å². The minimum Gasteiger partial charge on any atom is -0.475 e. The summed E-state index contributed by atoms with van der Waals surface area (Å²) in [6.07, 6.45) is 1.00. The molecule has 0 aliphatic carbocycles. The molecule has 102 valence electrons. The van der Waals surface area contributed by atoms with E-state index in [9.17, 15) is 4.79 Å². The molecule has 3 N–H and O–H groups in total. The third-order valence-electron chi connectivity index (χ3n) is 2.78. The van der Waals surface area contributed by atoms with Crippen molar-refractivity contribution in [2.24, 2.45) is 5.73 Å². The van der Waals surface area contributed by atoms with Crippen molar-refractivity contribution in [3.8, 4) is 0 Å². The fourth-order valence-corrected chi connectivity index (χ4v) is 2.85. The smallest absolute Gasteiger partial charge is 0.371 e. The summed E-state index contributed by atoms with van der Waals surface area (Å²) in [4.78, 5) is 10.8. The lowest BCUT2D eigenvalue weighted by molar-refractivity contribution is 0.0665. The molecule has 0 fully saturated rings. The van der Waals surface area contributed by atoms with E-state index in [1.54, 1.807) is 6.07 Å². The van der Waals surface area contributed by atoms with Crippen molar-refractivity contribution in [1.29, 1.82) is 0 Å². The Kier molecular flexibility index (Phi) is 4.50. The Morgan fingerprint density at radius 3 is 2.95 bits per heavy atom. The molecule has 1 unspecified atom stereocenters. The van der Waals surface area contributed by atoms with Crippen LogP contribution in [0.5, 0.6) is 0 Å². The van der Waals surface area contributed by atoms with Crippen LogP contribution in [-0.2, 0) is 5.75 Å². The van der Waals surface area contributed by atoms with Gasteiger partial charge < -0.3 is 15.3 Å². The Labute approximate surface area is 116 Å². The van der Waals surface area contributed by atoms with Crippen LogP contribution in [0.25, 0.3) is 11.0 Å². The standard InChI is InChI=1S/C14H17NO3S/c1-9(15)4-5-19-8-10-2-3-12-11(6-10)7-13(18-12)14(16)17/h2-3,6-7,9H,4-5,8,15H2,1H3,(H,16,17). The van der Waals surface area contributed by atoms with Gasteiger partial charge in [-0.3, -0.25) is 0 Å². The van der Waals surface area contributed by atoms with Gasteiger partial charge in [0.1, 0.15) is 5.58 Å². The number of hydrogen-bond acceptors (Lipinski definition) is 4. The molecule has 0 aliphatic rings. The summed E-state index contributed by atoms with van der Waals surface area (Å²) in [6, 6.07) is 7.57. The summed E-state index contributed by atoms with van der Waals surface area (Å²) in [5.74, 6) is 0.873. The van der Waals surface area contributed by atoms with Crippen LogP contribution in [-0.4, -0.2) is 22.9 Å². The summed E-state index contributed by atoms with van der Waals surface area (Å²) in [5.41, 5.74) is 7.48. The lowest BCUT2D eigenvalue weighted by Crippen LogP contribution is -2.15. The number of benzene rings is 1. The lowest BCUT2D eigenvalue weighted by atomic mass is 10.2. The van der Waals surface area contributed by atoms with E-state index >= 15 is 0 Å². The zero-order valence-corrected chi connectivity index (χ0v) is 11.6. The summed E-state index contributed by atoms with van der Waals surface area (Å²) in [5, 5.41) is 9.71. The van der Waals surface area contributed by atoms with Crippen LogP contribution < -0.4 is 5.73 Å². The first-order valence-corrected chi connectivity index (χ1v) is 7.31. The van der Waals surface area contributed by atoms with Gasteiger partial charge in [0.2, 0.25) is 5.76 Å². The van der Waals surface area contributed by atoms with Gasteiger partial charge in [-0.05, 0) is 42.9 Å². The Morgan fingerprint density at radius 1 is 1.47 bits per heavy atom. The highest BCUT2D eigenvalue weighted by Crippen LogP contribution is 2.23. The van der Waals surface area contributed by atoms with E-state index in [-0.39, 0.29) is 11.8 Å². The van der Waals surface area contributed by atoms with Crippen molar-refractivity contribution in [3.05, 3.63) is 35.6 Å². The molecule has 0 saturated heterocycles. The molecule has 0 bridgehead atoms. The summed E-state index contributed by atoms with van der Waals surface area (Å²) < 4.78 is 5.22. The van der Waals surface area contributed by atoms with E-state index in [2.05, 4.69) is 0 Å². The molecule has 1 heterocycles. The summed E-state index contributed by atoms with van der Waals surface area (Å²) in [6.45, 7) is 2.01. The van der Waals surface area contributed by atoms with Gasteiger partial charge in [0.15, 0.2) is 0 Å². The Balaban J connectivity index is 2.02. The molecule has 4 nitrogen and oxygen atoms in total. The lowest BCUT2D eigenvalue weighted by Gasteiger charge is -2.04. The SMILES string of the molecule is CC(N)CCSCc1ccc2oc(C(=O)O)cc2c1. The van der Waals surface area contributed by atoms with E-state index in [0.717, 1.165) is 23.3 Å². The molecule has 0 amide bonds. The monoisotopic (exact) mass is 279 g/mol. The minimum absolute atomic E-state index is 0.0169. The number of furan rings is 1. The van der Waals surface area contributed by atoms with Crippen LogP contribution in [0.1, 0.15) is 29.5 Å². The number of fused-ring (bicyclic) bond motifs is 1. The minimum atomic E-state index is -1.04. The number of thioether (sulfide) groups is 1. The molecule has 1 aromatic heterocycles. The van der Waals surface area contributed by atoms with Crippen LogP contribution in [0.15, 0.2) is 28.7 Å². The van der Waals surface area contributed by atoms with Crippen LogP contribution in [0.3, 0.4) is 0 Å².